The highest BCUT2D eigenvalue weighted by atomic mass is 16.5. The predicted molar refractivity (Wildman–Crippen MR) is 80.3 cm³/mol. The Morgan fingerprint density at radius 3 is 2.80 bits per heavy atom. The maximum atomic E-state index is 10.1. The third kappa shape index (κ3) is 4.08. The standard InChI is InChI=1S/C17H23NO2/c1-4-17(2,3)20-13-16(19)12-18-10-9-14-7-5-6-8-15(14)11-18/h1,5-8,16,19H,9-13H2,2-3H3. The van der Waals surface area contributed by atoms with Crippen molar-refractivity contribution >= 4 is 0 Å². The molecule has 1 atom stereocenters. The fraction of sp³-hybridized carbons (Fsp3) is 0.529. The first-order valence-corrected chi connectivity index (χ1v) is 7.09. The molecule has 0 aromatic heterocycles. The van der Waals surface area contributed by atoms with Gasteiger partial charge in [0.05, 0.1) is 12.7 Å². The average molecular weight is 273 g/mol. The Hall–Kier alpha value is -1.34. The van der Waals surface area contributed by atoms with Crippen LogP contribution in [-0.4, -0.2) is 41.4 Å². The van der Waals surface area contributed by atoms with Gasteiger partial charge in [0.2, 0.25) is 0 Å². The van der Waals surface area contributed by atoms with Crippen molar-refractivity contribution in [2.75, 3.05) is 19.7 Å². The fourth-order valence-corrected chi connectivity index (χ4v) is 2.41. The summed E-state index contributed by atoms with van der Waals surface area (Å²) >= 11 is 0. The van der Waals surface area contributed by atoms with Crippen molar-refractivity contribution in [2.45, 2.75) is 38.5 Å². The molecule has 3 heteroatoms. The van der Waals surface area contributed by atoms with E-state index in [9.17, 15) is 5.11 Å². The number of ether oxygens (including phenoxy) is 1. The molecule has 2 rings (SSSR count). The molecule has 1 aromatic carbocycles. The molecule has 0 bridgehead atoms. The molecule has 1 aromatic rings. The molecule has 108 valence electrons. The van der Waals surface area contributed by atoms with Crippen LogP contribution in [0.2, 0.25) is 0 Å². The number of aliphatic hydroxyl groups is 1. The Morgan fingerprint density at radius 2 is 2.10 bits per heavy atom. The van der Waals surface area contributed by atoms with Gasteiger partial charge in [0.15, 0.2) is 0 Å². The van der Waals surface area contributed by atoms with E-state index in [1.807, 2.05) is 13.8 Å². The van der Waals surface area contributed by atoms with E-state index >= 15 is 0 Å². The normalized spacial score (nSPS) is 17.3. The summed E-state index contributed by atoms with van der Waals surface area (Å²) in [4.78, 5) is 2.26. The average Bonchev–Trinajstić information content (AvgIpc) is 2.45. The molecule has 0 radical (unpaired) electrons. The van der Waals surface area contributed by atoms with Crippen molar-refractivity contribution in [2.24, 2.45) is 0 Å². The van der Waals surface area contributed by atoms with Gasteiger partial charge in [-0.05, 0) is 31.4 Å². The molecule has 3 nitrogen and oxygen atoms in total. The van der Waals surface area contributed by atoms with Gasteiger partial charge in [-0.25, -0.2) is 0 Å². The van der Waals surface area contributed by atoms with E-state index in [1.165, 1.54) is 11.1 Å². The van der Waals surface area contributed by atoms with E-state index in [-0.39, 0.29) is 6.61 Å². The van der Waals surface area contributed by atoms with Gasteiger partial charge in [-0.1, -0.05) is 30.2 Å². The first-order chi connectivity index (χ1) is 9.50. The maximum Gasteiger partial charge on any atom is 0.122 e. The Kier molecular flexibility index (Phi) is 4.82. The topological polar surface area (TPSA) is 32.7 Å². The minimum Gasteiger partial charge on any atom is -0.389 e. The molecule has 20 heavy (non-hydrogen) atoms. The van der Waals surface area contributed by atoms with E-state index in [4.69, 9.17) is 11.2 Å². The fourth-order valence-electron chi connectivity index (χ4n) is 2.41. The minimum absolute atomic E-state index is 0.273. The number of nitrogens with zero attached hydrogens (tertiary/aromatic N) is 1. The Balaban J connectivity index is 1.82. The minimum atomic E-state index is -0.616. The second-order valence-electron chi connectivity index (χ2n) is 5.87. The van der Waals surface area contributed by atoms with Crippen LogP contribution in [0.3, 0.4) is 0 Å². The Bertz CT molecular complexity index is 490. The molecule has 0 fully saturated rings. The van der Waals surface area contributed by atoms with Crippen molar-refractivity contribution in [3.05, 3.63) is 35.4 Å². The van der Waals surface area contributed by atoms with E-state index in [0.29, 0.717) is 6.54 Å². The van der Waals surface area contributed by atoms with Gasteiger partial charge in [-0.15, -0.1) is 6.42 Å². The second kappa shape index (κ2) is 6.41. The van der Waals surface area contributed by atoms with E-state index < -0.39 is 11.7 Å². The Labute approximate surface area is 121 Å². The first kappa shape index (κ1) is 15.1. The molecular formula is C17H23NO2. The van der Waals surface area contributed by atoms with E-state index in [1.54, 1.807) is 0 Å². The van der Waals surface area contributed by atoms with Crippen molar-refractivity contribution in [1.82, 2.24) is 4.90 Å². The predicted octanol–water partition coefficient (Wildman–Crippen LogP) is 1.83. The van der Waals surface area contributed by atoms with Crippen LogP contribution in [0.1, 0.15) is 25.0 Å². The summed E-state index contributed by atoms with van der Waals surface area (Å²) in [6, 6.07) is 8.49. The van der Waals surface area contributed by atoms with Crippen molar-refractivity contribution < 1.29 is 9.84 Å². The van der Waals surface area contributed by atoms with Crippen LogP contribution in [0, 0.1) is 12.3 Å². The number of terminal acetylenes is 1. The van der Waals surface area contributed by atoms with Gasteiger partial charge >= 0.3 is 0 Å². The zero-order chi connectivity index (χ0) is 14.6. The summed E-state index contributed by atoms with van der Waals surface area (Å²) < 4.78 is 5.54. The largest absolute Gasteiger partial charge is 0.389 e. The van der Waals surface area contributed by atoms with Crippen LogP contribution in [0.15, 0.2) is 24.3 Å². The first-order valence-electron chi connectivity index (χ1n) is 7.09. The van der Waals surface area contributed by atoms with Crippen LogP contribution >= 0.6 is 0 Å². The number of aliphatic hydroxyl groups excluding tert-OH is 1. The summed E-state index contributed by atoms with van der Waals surface area (Å²) in [5.74, 6) is 2.57. The zero-order valence-electron chi connectivity index (χ0n) is 12.3. The molecule has 0 aliphatic carbocycles. The highest BCUT2D eigenvalue weighted by molar-refractivity contribution is 5.29. The number of hydrogen-bond acceptors (Lipinski definition) is 3. The zero-order valence-corrected chi connectivity index (χ0v) is 12.3. The molecule has 0 spiro atoms. The van der Waals surface area contributed by atoms with Gasteiger partial charge in [0, 0.05) is 19.6 Å². The van der Waals surface area contributed by atoms with Crippen LogP contribution in [0.25, 0.3) is 0 Å². The molecule has 1 unspecified atom stereocenters. The molecule has 0 amide bonds. The quantitative estimate of drug-likeness (QED) is 0.831. The smallest absolute Gasteiger partial charge is 0.122 e. The van der Waals surface area contributed by atoms with Gasteiger partial charge in [-0.2, -0.15) is 0 Å². The van der Waals surface area contributed by atoms with Crippen LogP contribution in [0.4, 0.5) is 0 Å². The molecule has 1 aliphatic rings. The maximum absolute atomic E-state index is 10.1. The molecule has 1 N–H and O–H groups in total. The van der Waals surface area contributed by atoms with Gasteiger partial charge in [0.25, 0.3) is 0 Å². The van der Waals surface area contributed by atoms with Crippen LogP contribution < -0.4 is 0 Å². The summed E-state index contributed by atoms with van der Waals surface area (Å²) in [5, 5.41) is 10.1. The number of fused-ring (bicyclic) bond motifs is 1. The van der Waals surface area contributed by atoms with E-state index in [2.05, 4.69) is 35.1 Å². The third-order valence-corrected chi connectivity index (χ3v) is 3.66. The molecule has 0 saturated heterocycles. The van der Waals surface area contributed by atoms with Crippen LogP contribution in [-0.2, 0) is 17.7 Å². The lowest BCUT2D eigenvalue weighted by Gasteiger charge is -2.31. The van der Waals surface area contributed by atoms with Gasteiger partial charge in [-0.3, -0.25) is 4.90 Å². The van der Waals surface area contributed by atoms with Crippen molar-refractivity contribution in [1.29, 1.82) is 0 Å². The highest BCUT2D eigenvalue weighted by Gasteiger charge is 2.21. The van der Waals surface area contributed by atoms with E-state index in [0.717, 1.165) is 19.5 Å². The lowest BCUT2D eigenvalue weighted by molar-refractivity contribution is -0.0384. The number of β-amino-alcohol motifs (C(OH)–C–C–N with tert-alkyl or cyclic N) is 1. The molecule has 1 heterocycles. The summed E-state index contributed by atoms with van der Waals surface area (Å²) in [6.45, 7) is 6.43. The summed E-state index contributed by atoms with van der Waals surface area (Å²) in [5.41, 5.74) is 2.16. The number of hydrogen-bond donors (Lipinski definition) is 1. The SMILES string of the molecule is C#CC(C)(C)OCC(O)CN1CCc2ccccc2C1. The number of rotatable bonds is 5. The molecule has 1 aliphatic heterocycles. The Morgan fingerprint density at radius 1 is 1.40 bits per heavy atom. The summed E-state index contributed by atoms with van der Waals surface area (Å²) in [6.07, 6.45) is 5.90. The lowest BCUT2D eigenvalue weighted by atomic mass is 10.00. The monoisotopic (exact) mass is 273 g/mol. The molecule has 0 saturated carbocycles. The third-order valence-electron chi connectivity index (χ3n) is 3.66. The van der Waals surface area contributed by atoms with Gasteiger partial charge in [0.1, 0.15) is 5.60 Å². The second-order valence-corrected chi connectivity index (χ2v) is 5.87. The number of benzene rings is 1. The highest BCUT2D eigenvalue weighted by Crippen LogP contribution is 2.18. The van der Waals surface area contributed by atoms with Crippen molar-refractivity contribution in [3.63, 3.8) is 0 Å². The van der Waals surface area contributed by atoms with Crippen molar-refractivity contribution in [3.8, 4) is 12.3 Å². The lowest BCUT2D eigenvalue weighted by Crippen LogP contribution is -2.39. The van der Waals surface area contributed by atoms with Crippen LogP contribution in [0.5, 0.6) is 0 Å². The van der Waals surface area contributed by atoms with Gasteiger partial charge < -0.3 is 9.84 Å². The summed E-state index contributed by atoms with van der Waals surface area (Å²) in [7, 11) is 0. The molecular weight excluding hydrogens is 250 g/mol.